The van der Waals surface area contributed by atoms with Crippen molar-refractivity contribution in [1.82, 2.24) is 9.55 Å². The first-order chi connectivity index (χ1) is 11.6. The van der Waals surface area contributed by atoms with E-state index in [9.17, 15) is 4.79 Å². The largest absolute Gasteiger partial charge is 0.491 e. The molecule has 0 bridgehead atoms. The van der Waals surface area contributed by atoms with Gasteiger partial charge in [-0.15, -0.1) is 0 Å². The van der Waals surface area contributed by atoms with Crippen LogP contribution in [0.2, 0.25) is 0 Å². The molecule has 1 aliphatic heterocycles. The Kier molecular flexibility index (Phi) is 4.35. The Morgan fingerprint density at radius 3 is 2.52 bits per heavy atom. The second kappa shape index (κ2) is 6.09. The summed E-state index contributed by atoms with van der Waals surface area (Å²) in [5, 5.41) is 0.573. The van der Waals surface area contributed by atoms with Gasteiger partial charge in [0.15, 0.2) is 0 Å². The first-order valence-corrected chi connectivity index (χ1v) is 8.36. The molecule has 2 heterocycles. The van der Waals surface area contributed by atoms with Gasteiger partial charge < -0.3 is 19.6 Å². The first kappa shape index (κ1) is 17.9. The van der Waals surface area contributed by atoms with E-state index in [-0.39, 0.29) is 5.56 Å². The second-order valence-electron chi connectivity index (χ2n) is 7.45. The SMILES string of the molecule is Cn1cnc2ccc(C=C(CN)B3OC(C)(C)C(C)(C)O3)cc2c1=O. The monoisotopic (exact) mass is 341 g/mol. The van der Waals surface area contributed by atoms with Crippen molar-refractivity contribution in [3.05, 3.63) is 45.9 Å². The Hall–Kier alpha value is -1.96. The number of rotatable bonds is 3. The van der Waals surface area contributed by atoms with E-state index >= 15 is 0 Å². The second-order valence-corrected chi connectivity index (χ2v) is 7.45. The van der Waals surface area contributed by atoms with Crippen LogP contribution in [-0.2, 0) is 16.4 Å². The lowest BCUT2D eigenvalue weighted by Crippen LogP contribution is -2.41. The summed E-state index contributed by atoms with van der Waals surface area (Å²) in [5.74, 6) is 0. The quantitative estimate of drug-likeness (QED) is 0.863. The standard InChI is InChI=1S/C18H24BN3O3/c1-17(2)18(3,4)25-19(24-17)13(10-20)8-12-6-7-15-14(9-12)16(23)22(5)11-21-15/h6-9,11H,10,20H2,1-5H3. The molecule has 132 valence electrons. The third-order valence-corrected chi connectivity index (χ3v) is 5.09. The molecule has 1 aliphatic rings. The van der Waals surface area contributed by atoms with Crippen LogP contribution >= 0.6 is 0 Å². The molecule has 0 unspecified atom stereocenters. The molecule has 0 spiro atoms. The molecule has 2 N–H and O–H groups in total. The highest BCUT2D eigenvalue weighted by Gasteiger charge is 2.52. The average Bonchev–Trinajstić information content (AvgIpc) is 2.77. The number of aryl methyl sites for hydroxylation is 1. The summed E-state index contributed by atoms with van der Waals surface area (Å²) >= 11 is 0. The fraction of sp³-hybridized carbons (Fsp3) is 0.444. The number of aromatic nitrogens is 2. The van der Waals surface area contributed by atoms with Gasteiger partial charge in [-0.2, -0.15) is 0 Å². The smallest absolute Gasteiger partial charge is 0.400 e. The first-order valence-electron chi connectivity index (χ1n) is 8.36. The van der Waals surface area contributed by atoms with Crippen LogP contribution in [0, 0.1) is 0 Å². The Balaban J connectivity index is 2.00. The van der Waals surface area contributed by atoms with Gasteiger partial charge in [-0.05, 0) is 50.9 Å². The highest BCUT2D eigenvalue weighted by Crippen LogP contribution is 2.38. The van der Waals surface area contributed by atoms with Gasteiger partial charge in [0.2, 0.25) is 0 Å². The van der Waals surface area contributed by atoms with Gasteiger partial charge in [-0.1, -0.05) is 12.1 Å². The van der Waals surface area contributed by atoms with E-state index < -0.39 is 18.3 Å². The molecule has 0 radical (unpaired) electrons. The summed E-state index contributed by atoms with van der Waals surface area (Å²) < 4.78 is 13.6. The minimum absolute atomic E-state index is 0.0785. The maximum Gasteiger partial charge on any atom is 0.491 e. The van der Waals surface area contributed by atoms with Crippen LogP contribution < -0.4 is 11.3 Å². The predicted molar refractivity (Wildman–Crippen MR) is 100 cm³/mol. The van der Waals surface area contributed by atoms with Crippen molar-refractivity contribution < 1.29 is 9.31 Å². The molecule has 0 amide bonds. The summed E-state index contributed by atoms with van der Waals surface area (Å²) in [6, 6.07) is 5.57. The van der Waals surface area contributed by atoms with E-state index in [1.807, 2.05) is 52.0 Å². The van der Waals surface area contributed by atoms with E-state index in [0.29, 0.717) is 17.4 Å². The zero-order valence-corrected chi connectivity index (χ0v) is 15.4. The van der Waals surface area contributed by atoms with Gasteiger partial charge in [0.1, 0.15) is 0 Å². The van der Waals surface area contributed by atoms with Gasteiger partial charge in [-0.25, -0.2) is 4.98 Å². The van der Waals surface area contributed by atoms with Gasteiger partial charge in [0, 0.05) is 13.6 Å². The van der Waals surface area contributed by atoms with Gasteiger partial charge >= 0.3 is 7.12 Å². The lowest BCUT2D eigenvalue weighted by Gasteiger charge is -2.32. The number of nitrogens with zero attached hydrogens (tertiary/aromatic N) is 2. The Labute approximate surface area is 147 Å². The Bertz CT molecular complexity index is 886. The van der Waals surface area contributed by atoms with Crippen molar-refractivity contribution in [1.29, 1.82) is 0 Å². The molecule has 0 saturated carbocycles. The molecule has 6 nitrogen and oxygen atoms in total. The number of fused-ring (bicyclic) bond motifs is 1. The van der Waals surface area contributed by atoms with Crippen LogP contribution in [0.15, 0.2) is 34.8 Å². The minimum atomic E-state index is -0.498. The Morgan fingerprint density at radius 2 is 1.92 bits per heavy atom. The molecule has 1 aromatic carbocycles. The van der Waals surface area contributed by atoms with Crippen molar-refractivity contribution in [3.8, 4) is 0 Å². The fourth-order valence-electron chi connectivity index (χ4n) is 2.75. The minimum Gasteiger partial charge on any atom is -0.400 e. The third kappa shape index (κ3) is 3.15. The summed E-state index contributed by atoms with van der Waals surface area (Å²) in [6.45, 7) is 8.33. The molecular weight excluding hydrogens is 317 g/mol. The molecule has 3 rings (SSSR count). The van der Waals surface area contributed by atoms with E-state index in [4.69, 9.17) is 15.0 Å². The zero-order chi connectivity index (χ0) is 18.4. The van der Waals surface area contributed by atoms with E-state index in [1.54, 1.807) is 7.05 Å². The van der Waals surface area contributed by atoms with Crippen LogP contribution in [0.3, 0.4) is 0 Å². The summed E-state index contributed by atoms with van der Waals surface area (Å²) in [5.41, 5.74) is 7.39. The van der Waals surface area contributed by atoms with Crippen LogP contribution in [-0.4, -0.2) is 34.4 Å². The molecule has 1 aromatic heterocycles. The van der Waals surface area contributed by atoms with E-state index in [2.05, 4.69) is 4.98 Å². The van der Waals surface area contributed by atoms with E-state index in [0.717, 1.165) is 11.0 Å². The molecule has 25 heavy (non-hydrogen) atoms. The molecular formula is C18H24BN3O3. The highest BCUT2D eigenvalue weighted by molar-refractivity contribution is 6.55. The lowest BCUT2D eigenvalue weighted by molar-refractivity contribution is 0.00578. The lowest BCUT2D eigenvalue weighted by atomic mass is 9.77. The van der Waals surface area contributed by atoms with Crippen molar-refractivity contribution in [2.45, 2.75) is 38.9 Å². The average molecular weight is 341 g/mol. The molecule has 7 heteroatoms. The van der Waals surface area contributed by atoms with Crippen LogP contribution in [0.5, 0.6) is 0 Å². The molecule has 0 atom stereocenters. The van der Waals surface area contributed by atoms with Crippen LogP contribution in [0.1, 0.15) is 33.3 Å². The van der Waals surface area contributed by atoms with Gasteiger partial charge in [0.05, 0.1) is 28.4 Å². The van der Waals surface area contributed by atoms with Gasteiger partial charge in [-0.3, -0.25) is 4.79 Å². The Morgan fingerprint density at radius 1 is 1.28 bits per heavy atom. The van der Waals surface area contributed by atoms with Crippen LogP contribution in [0.4, 0.5) is 0 Å². The normalized spacial score (nSPS) is 19.6. The maximum atomic E-state index is 12.3. The number of nitrogens with two attached hydrogens (primary N) is 1. The topological polar surface area (TPSA) is 79.4 Å². The van der Waals surface area contributed by atoms with Crippen molar-refractivity contribution in [2.24, 2.45) is 12.8 Å². The highest BCUT2D eigenvalue weighted by atomic mass is 16.7. The molecule has 1 saturated heterocycles. The van der Waals surface area contributed by atoms with Crippen molar-refractivity contribution in [3.63, 3.8) is 0 Å². The van der Waals surface area contributed by atoms with Crippen molar-refractivity contribution >= 4 is 24.1 Å². The molecule has 1 fully saturated rings. The summed E-state index contributed by atoms with van der Waals surface area (Å²) in [4.78, 5) is 16.6. The fourth-order valence-corrected chi connectivity index (χ4v) is 2.75. The third-order valence-electron chi connectivity index (χ3n) is 5.09. The number of hydrogen-bond donors (Lipinski definition) is 1. The number of benzene rings is 1. The van der Waals surface area contributed by atoms with Gasteiger partial charge in [0.25, 0.3) is 5.56 Å². The molecule has 2 aromatic rings. The molecule has 0 aliphatic carbocycles. The van der Waals surface area contributed by atoms with Crippen molar-refractivity contribution in [2.75, 3.05) is 6.54 Å². The van der Waals surface area contributed by atoms with Crippen LogP contribution in [0.25, 0.3) is 17.0 Å². The summed E-state index contributed by atoms with van der Waals surface area (Å²) in [6.07, 6.45) is 3.45. The predicted octanol–water partition coefficient (Wildman–Crippen LogP) is 1.91. The van der Waals surface area contributed by atoms with E-state index in [1.165, 1.54) is 10.9 Å². The zero-order valence-electron chi connectivity index (χ0n) is 15.4. The summed E-state index contributed by atoms with van der Waals surface area (Å²) in [7, 11) is 1.19. The maximum absolute atomic E-state index is 12.3. The number of hydrogen-bond acceptors (Lipinski definition) is 5.